The Morgan fingerprint density at radius 2 is 1.73 bits per heavy atom. The van der Waals surface area contributed by atoms with Crippen LogP contribution in [0.3, 0.4) is 0 Å². The summed E-state index contributed by atoms with van der Waals surface area (Å²) < 4.78 is 22.3. The lowest BCUT2D eigenvalue weighted by molar-refractivity contribution is -0.136. The van der Waals surface area contributed by atoms with Crippen molar-refractivity contribution in [3.63, 3.8) is 0 Å². The van der Waals surface area contributed by atoms with Crippen molar-refractivity contribution in [3.05, 3.63) is 0 Å². The van der Waals surface area contributed by atoms with Crippen LogP contribution in [0.25, 0.3) is 0 Å². The molecule has 0 aromatic rings. The maximum atomic E-state index is 11.8. The fraction of sp³-hybridized carbons (Fsp3) is 0.929. The maximum Gasteiger partial charge on any atom is 0.500 e. The van der Waals surface area contributed by atoms with E-state index in [1.807, 2.05) is 31.6 Å². The summed E-state index contributed by atoms with van der Waals surface area (Å²) in [6.07, 6.45) is 1.79. The highest BCUT2D eigenvalue weighted by Crippen LogP contribution is 2.16. The van der Waals surface area contributed by atoms with Crippen molar-refractivity contribution in [1.29, 1.82) is 0 Å². The Morgan fingerprint density at radius 3 is 2.18 bits per heavy atom. The van der Waals surface area contributed by atoms with Crippen LogP contribution in [-0.4, -0.2) is 69.0 Å². The SMILES string of the molecule is CCCO[Si](CCCN(C)CC(=O)O[Si](C)(C)C)(OC)OC. The molecule has 0 aliphatic heterocycles. The van der Waals surface area contributed by atoms with Crippen LogP contribution in [0.5, 0.6) is 0 Å². The molecule has 0 atom stereocenters. The molecule has 132 valence electrons. The summed E-state index contributed by atoms with van der Waals surface area (Å²) in [5, 5.41) is 0. The maximum absolute atomic E-state index is 11.8. The van der Waals surface area contributed by atoms with Crippen molar-refractivity contribution in [1.82, 2.24) is 4.90 Å². The number of nitrogens with zero attached hydrogens (tertiary/aromatic N) is 1. The Bertz CT molecular complexity index is 319. The highest BCUT2D eigenvalue weighted by molar-refractivity contribution is 6.71. The Labute approximate surface area is 137 Å². The summed E-state index contributed by atoms with van der Waals surface area (Å²) in [7, 11) is 0.847. The molecule has 0 fully saturated rings. The minimum atomic E-state index is -2.55. The molecule has 0 rings (SSSR count). The van der Waals surface area contributed by atoms with Gasteiger partial charge in [0, 0.05) is 26.9 Å². The normalized spacial score (nSPS) is 12.7. The molecule has 0 aliphatic rings. The fourth-order valence-electron chi connectivity index (χ4n) is 1.97. The molecule has 8 heteroatoms. The molecule has 22 heavy (non-hydrogen) atoms. The van der Waals surface area contributed by atoms with E-state index in [4.69, 9.17) is 17.7 Å². The molecular formula is C14H33NO5Si2. The van der Waals surface area contributed by atoms with Crippen LogP contribution >= 0.6 is 0 Å². The second kappa shape index (κ2) is 10.5. The lowest BCUT2D eigenvalue weighted by Crippen LogP contribution is -2.44. The summed E-state index contributed by atoms with van der Waals surface area (Å²) in [5.41, 5.74) is 0. The van der Waals surface area contributed by atoms with Crippen molar-refractivity contribution < 1.29 is 22.5 Å². The third-order valence-electron chi connectivity index (χ3n) is 2.99. The summed E-state index contributed by atoms with van der Waals surface area (Å²) >= 11 is 0. The zero-order chi connectivity index (χ0) is 17.2. The average Bonchev–Trinajstić information content (AvgIpc) is 2.40. The van der Waals surface area contributed by atoms with E-state index in [9.17, 15) is 4.79 Å². The molecule has 0 aromatic heterocycles. The summed E-state index contributed by atoms with van der Waals surface area (Å²) in [6, 6.07) is 0.743. The first-order valence-corrected chi connectivity index (χ1v) is 13.2. The van der Waals surface area contributed by atoms with Gasteiger partial charge in [-0.25, -0.2) is 0 Å². The molecule has 0 saturated heterocycles. The predicted octanol–water partition coefficient (Wildman–Crippen LogP) is 2.34. The van der Waals surface area contributed by atoms with Crippen LogP contribution < -0.4 is 0 Å². The summed E-state index contributed by atoms with van der Waals surface area (Å²) in [6.45, 7) is 9.81. The van der Waals surface area contributed by atoms with E-state index in [2.05, 4.69) is 6.92 Å². The highest BCUT2D eigenvalue weighted by Gasteiger charge is 2.38. The first kappa shape index (κ1) is 21.7. The van der Waals surface area contributed by atoms with Gasteiger partial charge < -0.3 is 17.7 Å². The van der Waals surface area contributed by atoms with Gasteiger partial charge in [0.05, 0.1) is 6.54 Å². The van der Waals surface area contributed by atoms with Crippen molar-refractivity contribution in [3.8, 4) is 0 Å². The molecule has 0 heterocycles. The van der Waals surface area contributed by atoms with Crippen LogP contribution in [0.15, 0.2) is 0 Å². The van der Waals surface area contributed by atoms with Gasteiger partial charge in [0.2, 0.25) is 8.32 Å². The topological polar surface area (TPSA) is 57.2 Å². The van der Waals surface area contributed by atoms with E-state index >= 15 is 0 Å². The summed E-state index contributed by atoms with van der Waals surface area (Å²) in [4.78, 5) is 13.8. The second-order valence-electron chi connectivity index (χ2n) is 6.37. The second-order valence-corrected chi connectivity index (χ2v) is 13.8. The molecule has 0 N–H and O–H groups in total. The quantitative estimate of drug-likeness (QED) is 0.503. The number of carbonyl (C=O) groups is 1. The number of hydrogen-bond acceptors (Lipinski definition) is 6. The van der Waals surface area contributed by atoms with Gasteiger partial charge in [0.1, 0.15) is 0 Å². The molecular weight excluding hydrogens is 318 g/mol. The standard InChI is InChI=1S/C14H33NO5Si2/c1-8-11-19-22(17-3,18-4)12-9-10-15(2)13-14(16)20-21(5,6)7/h8-13H2,1-7H3. The van der Waals surface area contributed by atoms with Gasteiger partial charge in [-0.2, -0.15) is 0 Å². The number of carbonyl (C=O) groups excluding carboxylic acids is 1. The largest absolute Gasteiger partial charge is 0.519 e. The lowest BCUT2D eigenvalue weighted by atomic mass is 10.4. The van der Waals surface area contributed by atoms with E-state index in [0.717, 1.165) is 25.4 Å². The van der Waals surface area contributed by atoms with E-state index in [-0.39, 0.29) is 5.97 Å². The highest BCUT2D eigenvalue weighted by atomic mass is 28.4. The monoisotopic (exact) mass is 351 g/mol. The van der Waals surface area contributed by atoms with Gasteiger partial charge in [0.25, 0.3) is 0 Å². The van der Waals surface area contributed by atoms with Crippen LogP contribution in [0, 0.1) is 0 Å². The predicted molar refractivity (Wildman–Crippen MR) is 92.4 cm³/mol. The van der Waals surface area contributed by atoms with Crippen molar-refractivity contribution in [2.24, 2.45) is 0 Å². The van der Waals surface area contributed by atoms with Gasteiger partial charge in [0.15, 0.2) is 0 Å². The van der Waals surface area contributed by atoms with Gasteiger partial charge >= 0.3 is 14.8 Å². The van der Waals surface area contributed by atoms with Gasteiger partial charge in [-0.1, -0.05) is 6.92 Å². The molecule has 0 spiro atoms. The number of likely N-dealkylation sites (N-methyl/N-ethyl adjacent to an activating group) is 1. The minimum Gasteiger partial charge on any atom is -0.519 e. The first-order chi connectivity index (χ1) is 10.2. The van der Waals surface area contributed by atoms with E-state index < -0.39 is 17.1 Å². The number of rotatable bonds is 12. The van der Waals surface area contributed by atoms with Crippen LogP contribution in [-0.2, 0) is 22.5 Å². The van der Waals surface area contributed by atoms with Crippen LogP contribution in [0.2, 0.25) is 25.7 Å². The van der Waals surface area contributed by atoms with Crippen molar-refractivity contribution >= 4 is 23.1 Å². The minimum absolute atomic E-state index is 0.147. The van der Waals surface area contributed by atoms with Crippen molar-refractivity contribution in [2.75, 3.05) is 41.0 Å². The molecule has 0 saturated carbocycles. The van der Waals surface area contributed by atoms with Crippen LogP contribution in [0.1, 0.15) is 19.8 Å². The molecule has 0 unspecified atom stereocenters. The van der Waals surface area contributed by atoms with Gasteiger partial charge in [-0.15, -0.1) is 0 Å². The Morgan fingerprint density at radius 1 is 1.14 bits per heavy atom. The number of hydrogen-bond donors (Lipinski definition) is 0. The lowest BCUT2D eigenvalue weighted by Gasteiger charge is -2.27. The Kier molecular flexibility index (Phi) is 10.4. The molecule has 0 radical (unpaired) electrons. The first-order valence-electron chi connectivity index (χ1n) is 7.82. The Balaban J connectivity index is 4.17. The average molecular weight is 352 g/mol. The molecule has 0 aromatic carbocycles. The Hall–Kier alpha value is -0.256. The third-order valence-corrected chi connectivity index (χ3v) is 6.68. The summed E-state index contributed by atoms with van der Waals surface area (Å²) in [5.74, 6) is -0.147. The molecule has 6 nitrogen and oxygen atoms in total. The molecule has 0 bridgehead atoms. The van der Waals surface area contributed by atoms with E-state index in [0.29, 0.717) is 13.2 Å². The zero-order valence-corrected chi connectivity index (χ0v) is 17.2. The smallest absolute Gasteiger partial charge is 0.500 e. The fourth-order valence-corrected chi connectivity index (χ4v) is 4.78. The van der Waals surface area contributed by atoms with Gasteiger partial charge in [-0.05, 0) is 46.1 Å². The molecule has 0 amide bonds. The van der Waals surface area contributed by atoms with E-state index in [1.54, 1.807) is 14.2 Å². The molecule has 0 aliphatic carbocycles. The zero-order valence-electron chi connectivity index (χ0n) is 15.2. The van der Waals surface area contributed by atoms with Gasteiger partial charge in [-0.3, -0.25) is 9.69 Å². The van der Waals surface area contributed by atoms with E-state index in [1.165, 1.54) is 0 Å². The van der Waals surface area contributed by atoms with Crippen LogP contribution in [0.4, 0.5) is 0 Å². The van der Waals surface area contributed by atoms with Crippen molar-refractivity contribution in [2.45, 2.75) is 45.5 Å². The third kappa shape index (κ3) is 9.70.